The second kappa shape index (κ2) is 5.72. The van der Waals surface area contributed by atoms with Gasteiger partial charge in [-0.2, -0.15) is 5.26 Å². The predicted molar refractivity (Wildman–Crippen MR) is 75.1 cm³/mol. The lowest BCUT2D eigenvalue weighted by Crippen LogP contribution is -1.94. The van der Waals surface area contributed by atoms with Gasteiger partial charge in [-0.25, -0.2) is 4.39 Å². The van der Waals surface area contributed by atoms with Crippen LogP contribution in [-0.2, 0) is 0 Å². The summed E-state index contributed by atoms with van der Waals surface area (Å²) in [6, 6.07) is 11.9. The molecule has 0 saturated heterocycles. The molecule has 5 heteroatoms. The van der Waals surface area contributed by atoms with E-state index in [9.17, 15) is 4.39 Å². The van der Waals surface area contributed by atoms with E-state index in [4.69, 9.17) is 10.00 Å². The molecule has 19 heavy (non-hydrogen) atoms. The van der Waals surface area contributed by atoms with Crippen LogP contribution in [0.5, 0.6) is 5.75 Å². The Bertz CT molecular complexity index is 652. The van der Waals surface area contributed by atoms with Crippen molar-refractivity contribution in [3.8, 4) is 11.8 Å². The highest BCUT2D eigenvalue weighted by atomic mass is 79.9. The molecule has 1 N–H and O–H groups in total. The smallest absolute Gasteiger partial charge is 0.167 e. The van der Waals surface area contributed by atoms with Crippen LogP contribution in [0.3, 0.4) is 0 Å². The second-order valence-electron chi connectivity index (χ2n) is 3.78. The molecule has 0 spiro atoms. The summed E-state index contributed by atoms with van der Waals surface area (Å²) in [6.45, 7) is 0. The Balaban J connectivity index is 2.24. The fourth-order valence-corrected chi connectivity index (χ4v) is 2.06. The standard InChI is InChI=1S/C14H10BrFN2O/c1-19-14-5-4-11(7-13(14)16)18-10-3-2-9(8-17)12(15)6-10/h2-7,18H,1H3. The van der Waals surface area contributed by atoms with Gasteiger partial charge < -0.3 is 10.1 Å². The fraction of sp³-hybridized carbons (Fsp3) is 0.0714. The van der Waals surface area contributed by atoms with Crippen molar-refractivity contribution in [2.24, 2.45) is 0 Å². The monoisotopic (exact) mass is 320 g/mol. The fourth-order valence-electron chi connectivity index (χ4n) is 1.59. The van der Waals surface area contributed by atoms with E-state index < -0.39 is 5.82 Å². The van der Waals surface area contributed by atoms with Gasteiger partial charge in [0, 0.05) is 21.9 Å². The average Bonchev–Trinajstić information content (AvgIpc) is 2.39. The predicted octanol–water partition coefficient (Wildman–Crippen LogP) is 4.21. The van der Waals surface area contributed by atoms with Gasteiger partial charge >= 0.3 is 0 Å². The third kappa shape index (κ3) is 3.04. The normalized spacial score (nSPS) is 9.79. The number of nitrogens with one attached hydrogen (secondary N) is 1. The summed E-state index contributed by atoms with van der Waals surface area (Å²) in [5.41, 5.74) is 1.91. The molecule has 3 nitrogen and oxygen atoms in total. The first kappa shape index (κ1) is 13.4. The van der Waals surface area contributed by atoms with Gasteiger partial charge in [-0.05, 0) is 46.3 Å². The van der Waals surface area contributed by atoms with Crippen LogP contribution in [0.1, 0.15) is 5.56 Å². The number of hydrogen-bond acceptors (Lipinski definition) is 3. The second-order valence-corrected chi connectivity index (χ2v) is 4.64. The lowest BCUT2D eigenvalue weighted by Gasteiger charge is -2.09. The van der Waals surface area contributed by atoms with Crippen LogP contribution >= 0.6 is 15.9 Å². The first-order valence-electron chi connectivity index (χ1n) is 5.44. The number of rotatable bonds is 3. The molecule has 0 bridgehead atoms. The Morgan fingerprint density at radius 3 is 2.47 bits per heavy atom. The zero-order chi connectivity index (χ0) is 13.8. The summed E-state index contributed by atoms with van der Waals surface area (Å²) in [6.07, 6.45) is 0. The Labute approximate surface area is 118 Å². The first-order chi connectivity index (χ1) is 9.13. The molecule has 0 unspecified atom stereocenters. The van der Waals surface area contributed by atoms with Crippen molar-refractivity contribution >= 4 is 27.3 Å². The maximum atomic E-state index is 13.5. The minimum Gasteiger partial charge on any atom is -0.494 e. The van der Waals surface area contributed by atoms with Crippen LogP contribution in [0.15, 0.2) is 40.9 Å². The van der Waals surface area contributed by atoms with Crippen LogP contribution in [0.4, 0.5) is 15.8 Å². The first-order valence-corrected chi connectivity index (χ1v) is 6.23. The molecule has 0 aliphatic carbocycles. The molecule has 2 rings (SSSR count). The minimum atomic E-state index is -0.430. The maximum Gasteiger partial charge on any atom is 0.167 e. The van der Waals surface area contributed by atoms with Gasteiger partial charge in [0.25, 0.3) is 0 Å². The Hall–Kier alpha value is -2.06. The van der Waals surface area contributed by atoms with Gasteiger partial charge in [-0.15, -0.1) is 0 Å². The summed E-state index contributed by atoms with van der Waals surface area (Å²) < 4.78 is 19.1. The van der Waals surface area contributed by atoms with Crippen molar-refractivity contribution in [2.75, 3.05) is 12.4 Å². The number of ether oxygens (including phenoxy) is 1. The topological polar surface area (TPSA) is 45.0 Å². The number of anilines is 2. The van der Waals surface area contributed by atoms with Gasteiger partial charge in [-0.1, -0.05) is 0 Å². The molecule has 0 atom stereocenters. The van der Waals surface area contributed by atoms with Gasteiger partial charge in [0.2, 0.25) is 0 Å². The van der Waals surface area contributed by atoms with E-state index in [0.29, 0.717) is 15.7 Å². The van der Waals surface area contributed by atoms with Crippen molar-refractivity contribution in [3.63, 3.8) is 0 Å². The highest BCUT2D eigenvalue weighted by molar-refractivity contribution is 9.10. The van der Waals surface area contributed by atoms with Gasteiger partial charge in [0.05, 0.1) is 12.7 Å². The third-order valence-corrected chi connectivity index (χ3v) is 3.19. The largest absolute Gasteiger partial charge is 0.494 e. The number of nitrogens with zero attached hydrogens (tertiary/aromatic N) is 1. The summed E-state index contributed by atoms with van der Waals surface area (Å²) >= 11 is 3.30. The van der Waals surface area contributed by atoms with E-state index in [0.717, 1.165) is 5.69 Å². The molecular formula is C14H10BrFN2O. The van der Waals surface area contributed by atoms with Crippen LogP contribution in [0, 0.1) is 17.1 Å². The lowest BCUT2D eigenvalue weighted by atomic mass is 10.2. The highest BCUT2D eigenvalue weighted by Crippen LogP contribution is 2.26. The summed E-state index contributed by atoms with van der Waals surface area (Å²) in [5.74, 6) is -0.230. The molecule has 0 saturated carbocycles. The molecule has 2 aromatic rings. The molecular weight excluding hydrogens is 311 g/mol. The van der Waals surface area contributed by atoms with Crippen molar-refractivity contribution in [2.45, 2.75) is 0 Å². The van der Waals surface area contributed by atoms with Crippen molar-refractivity contribution in [1.82, 2.24) is 0 Å². The SMILES string of the molecule is COc1ccc(Nc2ccc(C#N)c(Br)c2)cc1F. The molecule has 2 aromatic carbocycles. The summed E-state index contributed by atoms with van der Waals surface area (Å²) in [5, 5.41) is 11.9. The van der Waals surface area contributed by atoms with E-state index in [2.05, 4.69) is 27.3 Å². The summed E-state index contributed by atoms with van der Waals surface area (Å²) in [7, 11) is 1.42. The number of benzene rings is 2. The number of methoxy groups -OCH3 is 1. The van der Waals surface area contributed by atoms with Crippen LogP contribution in [0.2, 0.25) is 0 Å². The van der Waals surface area contributed by atoms with Crippen LogP contribution in [0.25, 0.3) is 0 Å². The molecule has 0 aliphatic heterocycles. The Morgan fingerprint density at radius 2 is 1.89 bits per heavy atom. The van der Waals surface area contributed by atoms with E-state index in [-0.39, 0.29) is 5.75 Å². The molecule has 0 fully saturated rings. The highest BCUT2D eigenvalue weighted by Gasteiger charge is 2.05. The van der Waals surface area contributed by atoms with Crippen LogP contribution in [-0.4, -0.2) is 7.11 Å². The molecule has 0 amide bonds. The van der Waals surface area contributed by atoms with E-state index in [1.165, 1.54) is 13.2 Å². The Kier molecular flexibility index (Phi) is 4.03. The maximum absolute atomic E-state index is 13.5. The molecule has 0 aromatic heterocycles. The van der Waals surface area contributed by atoms with Gasteiger partial charge in [0.1, 0.15) is 6.07 Å². The van der Waals surface area contributed by atoms with E-state index in [1.54, 1.807) is 30.3 Å². The minimum absolute atomic E-state index is 0.201. The number of hydrogen-bond donors (Lipinski definition) is 1. The van der Waals surface area contributed by atoms with Crippen molar-refractivity contribution < 1.29 is 9.13 Å². The summed E-state index contributed by atoms with van der Waals surface area (Å²) in [4.78, 5) is 0. The lowest BCUT2D eigenvalue weighted by molar-refractivity contribution is 0.386. The zero-order valence-electron chi connectivity index (χ0n) is 10.1. The van der Waals surface area contributed by atoms with E-state index >= 15 is 0 Å². The quantitative estimate of drug-likeness (QED) is 0.921. The third-order valence-electron chi connectivity index (χ3n) is 2.53. The number of nitriles is 1. The molecule has 0 heterocycles. The molecule has 0 radical (unpaired) electrons. The van der Waals surface area contributed by atoms with E-state index in [1.807, 2.05) is 0 Å². The zero-order valence-corrected chi connectivity index (χ0v) is 11.7. The Morgan fingerprint density at radius 1 is 1.21 bits per heavy atom. The van der Waals surface area contributed by atoms with Gasteiger partial charge in [0.15, 0.2) is 11.6 Å². The van der Waals surface area contributed by atoms with Gasteiger partial charge in [-0.3, -0.25) is 0 Å². The van der Waals surface area contributed by atoms with Crippen molar-refractivity contribution in [1.29, 1.82) is 5.26 Å². The molecule has 96 valence electrons. The van der Waals surface area contributed by atoms with Crippen LogP contribution < -0.4 is 10.1 Å². The average molecular weight is 321 g/mol. The number of halogens is 2. The molecule has 0 aliphatic rings. The van der Waals surface area contributed by atoms with Crippen molar-refractivity contribution in [3.05, 3.63) is 52.3 Å².